The number of aromatic nitrogens is 5. The minimum Gasteiger partial charge on any atom is -0.507 e. The summed E-state index contributed by atoms with van der Waals surface area (Å²) in [5.41, 5.74) is 1.72. The van der Waals surface area contributed by atoms with Crippen molar-refractivity contribution >= 4 is 27.9 Å². The summed E-state index contributed by atoms with van der Waals surface area (Å²) in [5.74, 6) is 0.623. The highest BCUT2D eigenvalue weighted by Gasteiger charge is 2.48. The van der Waals surface area contributed by atoms with Gasteiger partial charge in [-0.2, -0.15) is 5.10 Å². The van der Waals surface area contributed by atoms with Gasteiger partial charge in [0.15, 0.2) is 5.82 Å². The van der Waals surface area contributed by atoms with Gasteiger partial charge in [0.1, 0.15) is 11.4 Å². The molecular weight excluding hydrogens is 472 g/mol. The van der Waals surface area contributed by atoms with Gasteiger partial charge in [0.25, 0.3) is 5.56 Å². The molecule has 4 heterocycles. The molecule has 37 heavy (non-hydrogen) atoms. The van der Waals surface area contributed by atoms with E-state index in [1.165, 1.54) is 0 Å². The molecule has 1 saturated carbocycles. The number of phenols is 1. The highest BCUT2D eigenvalue weighted by atomic mass is 16.6. The highest BCUT2D eigenvalue weighted by Crippen LogP contribution is 2.45. The van der Waals surface area contributed by atoms with Gasteiger partial charge in [0.05, 0.1) is 22.0 Å². The Hall–Kier alpha value is -3.95. The van der Waals surface area contributed by atoms with Crippen LogP contribution in [0, 0.1) is 12.8 Å². The summed E-state index contributed by atoms with van der Waals surface area (Å²) < 4.78 is 9.04. The van der Waals surface area contributed by atoms with Crippen molar-refractivity contribution in [2.75, 3.05) is 6.54 Å². The molecule has 1 aromatic carbocycles. The van der Waals surface area contributed by atoms with Crippen molar-refractivity contribution in [3.05, 3.63) is 46.6 Å². The lowest BCUT2D eigenvalue weighted by atomic mass is 10.0. The fourth-order valence-corrected chi connectivity index (χ4v) is 5.86. The van der Waals surface area contributed by atoms with Gasteiger partial charge in [-0.1, -0.05) is 0 Å². The van der Waals surface area contributed by atoms with Crippen LogP contribution in [-0.4, -0.2) is 58.6 Å². The molecule has 1 aliphatic heterocycles. The Morgan fingerprint density at radius 3 is 2.73 bits per heavy atom. The summed E-state index contributed by atoms with van der Waals surface area (Å²) in [5, 5.41) is 16.5. The third kappa shape index (κ3) is 3.82. The van der Waals surface area contributed by atoms with Gasteiger partial charge in [-0.3, -0.25) is 9.48 Å². The number of rotatable bonds is 2. The van der Waals surface area contributed by atoms with E-state index in [1.807, 2.05) is 53.1 Å². The Bertz CT molecular complexity index is 1630. The van der Waals surface area contributed by atoms with Crippen LogP contribution in [-0.2, 0) is 11.8 Å². The Morgan fingerprint density at radius 1 is 1.24 bits per heavy atom. The number of aromatic hydroxyl groups is 1. The molecule has 0 radical (unpaired) electrons. The summed E-state index contributed by atoms with van der Waals surface area (Å²) in [4.78, 5) is 36.9. The molecule has 1 aliphatic carbocycles. The van der Waals surface area contributed by atoms with Gasteiger partial charge in [-0.05, 0) is 58.6 Å². The van der Waals surface area contributed by atoms with E-state index in [-0.39, 0.29) is 35.4 Å². The molecular formula is C27H30N6O4. The zero-order chi connectivity index (χ0) is 26.2. The Labute approximate surface area is 213 Å². The number of fused-ring (bicyclic) bond motifs is 4. The molecule has 3 aromatic heterocycles. The van der Waals surface area contributed by atoms with E-state index in [0.717, 1.165) is 17.3 Å². The predicted octanol–water partition coefficient (Wildman–Crippen LogP) is 3.93. The average Bonchev–Trinajstić information content (AvgIpc) is 3.54. The molecule has 1 saturated heterocycles. The van der Waals surface area contributed by atoms with E-state index >= 15 is 0 Å². The van der Waals surface area contributed by atoms with Crippen molar-refractivity contribution in [2.45, 2.75) is 58.2 Å². The number of benzene rings is 1. The van der Waals surface area contributed by atoms with Crippen LogP contribution in [0.5, 0.6) is 5.75 Å². The maximum atomic E-state index is 13.5. The van der Waals surface area contributed by atoms with Crippen LogP contribution < -0.4 is 5.56 Å². The summed E-state index contributed by atoms with van der Waals surface area (Å²) in [7, 11) is 1.83. The number of hydrogen-bond acceptors (Lipinski definition) is 7. The van der Waals surface area contributed by atoms with Crippen molar-refractivity contribution < 1.29 is 14.6 Å². The lowest BCUT2D eigenvalue weighted by Crippen LogP contribution is -2.44. The smallest absolute Gasteiger partial charge is 0.410 e. The van der Waals surface area contributed by atoms with E-state index in [1.54, 1.807) is 26.5 Å². The first kappa shape index (κ1) is 23.4. The summed E-state index contributed by atoms with van der Waals surface area (Å²) in [6.07, 6.45) is 6.50. The van der Waals surface area contributed by atoms with Crippen LogP contribution in [0.2, 0.25) is 0 Å². The van der Waals surface area contributed by atoms with Crippen molar-refractivity contribution in [3.63, 3.8) is 0 Å². The van der Waals surface area contributed by atoms with Gasteiger partial charge < -0.3 is 19.3 Å². The van der Waals surface area contributed by atoms with Crippen LogP contribution in [0.1, 0.15) is 45.2 Å². The SMILES string of the molecule is Cc1c(O)c(-c2ncc3c(=O)n([C@H]4CC5C[C@H]4CN5C(=O)OC(C)(C)C)ccc3n2)cc2cn(C)nc12. The minimum atomic E-state index is -0.536. The lowest BCUT2D eigenvalue weighted by molar-refractivity contribution is 0.0165. The normalized spacial score (nSPS) is 21.3. The molecule has 1 unspecified atom stereocenters. The average molecular weight is 503 g/mol. The molecule has 0 spiro atoms. The van der Waals surface area contributed by atoms with E-state index < -0.39 is 5.60 Å². The van der Waals surface area contributed by atoms with E-state index in [0.29, 0.717) is 40.8 Å². The fraction of sp³-hybridized carbons (Fsp3) is 0.444. The van der Waals surface area contributed by atoms with Crippen LogP contribution >= 0.6 is 0 Å². The number of piperidine rings is 1. The first-order valence-electron chi connectivity index (χ1n) is 12.5. The second-order valence-electron chi connectivity index (χ2n) is 11.2. The van der Waals surface area contributed by atoms with E-state index in [9.17, 15) is 14.7 Å². The van der Waals surface area contributed by atoms with Crippen molar-refractivity contribution in [3.8, 4) is 17.1 Å². The second kappa shape index (κ2) is 8.03. The third-order valence-corrected chi connectivity index (χ3v) is 7.53. The van der Waals surface area contributed by atoms with Crippen molar-refractivity contribution in [1.82, 2.24) is 29.2 Å². The summed E-state index contributed by atoms with van der Waals surface area (Å²) in [6.45, 7) is 7.99. The predicted molar refractivity (Wildman–Crippen MR) is 138 cm³/mol. The Balaban J connectivity index is 1.30. The number of likely N-dealkylation sites (tertiary alicyclic amines) is 1. The van der Waals surface area contributed by atoms with Gasteiger partial charge in [0.2, 0.25) is 0 Å². The lowest BCUT2D eigenvalue weighted by Gasteiger charge is -2.33. The summed E-state index contributed by atoms with van der Waals surface area (Å²) >= 11 is 0. The Morgan fingerprint density at radius 2 is 2.03 bits per heavy atom. The number of ether oxygens (including phenoxy) is 1. The number of hydrogen-bond donors (Lipinski definition) is 1. The molecule has 1 N–H and O–H groups in total. The fourth-order valence-electron chi connectivity index (χ4n) is 5.86. The standard InChI is InChI=1S/C27H30N6O4/c1-14-22-16(12-31(5)30-22)9-18(23(14)34)24-28-11-19-20(29-24)6-7-32(25(19)35)21-10-17-8-15(21)13-33(17)26(36)37-27(2,3)4/h6-7,9,11-12,15,17,21,34H,8,10,13H2,1-5H3/t15-,17?,21-/m0/s1. The molecule has 1 amide bonds. The van der Waals surface area contributed by atoms with E-state index in [4.69, 9.17) is 4.74 Å². The largest absolute Gasteiger partial charge is 0.507 e. The topological polar surface area (TPSA) is 115 Å². The first-order chi connectivity index (χ1) is 17.5. The minimum absolute atomic E-state index is 0.0138. The van der Waals surface area contributed by atoms with Gasteiger partial charge >= 0.3 is 6.09 Å². The molecule has 2 bridgehead atoms. The molecule has 10 heteroatoms. The van der Waals surface area contributed by atoms with Crippen molar-refractivity contribution in [2.24, 2.45) is 13.0 Å². The van der Waals surface area contributed by atoms with Crippen LogP contribution in [0.25, 0.3) is 33.2 Å². The molecule has 4 aromatic rings. The molecule has 192 valence electrons. The molecule has 6 rings (SSSR count). The van der Waals surface area contributed by atoms with E-state index in [2.05, 4.69) is 15.1 Å². The quantitative estimate of drug-likeness (QED) is 0.442. The monoisotopic (exact) mass is 502 g/mol. The zero-order valence-corrected chi connectivity index (χ0v) is 21.6. The first-order valence-corrected chi connectivity index (χ1v) is 12.5. The van der Waals surface area contributed by atoms with Gasteiger partial charge in [-0.15, -0.1) is 0 Å². The molecule has 2 fully saturated rings. The number of nitrogens with zero attached hydrogens (tertiary/aromatic N) is 6. The maximum Gasteiger partial charge on any atom is 0.410 e. The Kier molecular flexibility index (Phi) is 5.09. The molecule has 2 aliphatic rings. The number of amides is 1. The molecule has 10 nitrogen and oxygen atoms in total. The second-order valence-corrected chi connectivity index (χ2v) is 11.2. The maximum absolute atomic E-state index is 13.5. The van der Waals surface area contributed by atoms with Crippen molar-refractivity contribution in [1.29, 1.82) is 0 Å². The number of aryl methyl sites for hydroxylation is 2. The molecule has 3 atom stereocenters. The van der Waals surface area contributed by atoms with Crippen LogP contribution in [0.3, 0.4) is 0 Å². The van der Waals surface area contributed by atoms with Crippen LogP contribution in [0.15, 0.2) is 35.5 Å². The zero-order valence-electron chi connectivity index (χ0n) is 21.6. The van der Waals surface area contributed by atoms with Crippen LogP contribution in [0.4, 0.5) is 4.79 Å². The third-order valence-electron chi connectivity index (χ3n) is 7.53. The van der Waals surface area contributed by atoms with Gasteiger partial charge in [0, 0.05) is 55.2 Å². The van der Waals surface area contributed by atoms with Gasteiger partial charge in [-0.25, -0.2) is 14.8 Å². The highest BCUT2D eigenvalue weighted by molar-refractivity contribution is 5.90. The number of phenolic OH excluding ortho intramolecular Hbond substituents is 1. The number of pyridine rings is 1. The number of carbonyl (C=O) groups excluding carboxylic acids is 1. The number of carbonyl (C=O) groups is 1. The summed E-state index contributed by atoms with van der Waals surface area (Å²) in [6, 6.07) is 3.73.